The average molecular weight is 326 g/mol. The first kappa shape index (κ1) is 17.3. The highest BCUT2D eigenvalue weighted by molar-refractivity contribution is 5.97. The SMILES string of the molecule is C/C=C/c1ccc(Oc2ccc(C(=O)O)cc2OC)c(C(C)=O)c1. The van der Waals surface area contributed by atoms with Crippen LogP contribution in [0.2, 0.25) is 0 Å². The number of carbonyl (C=O) groups excluding carboxylic acids is 1. The van der Waals surface area contributed by atoms with Crippen molar-refractivity contribution in [2.24, 2.45) is 0 Å². The maximum Gasteiger partial charge on any atom is 0.335 e. The smallest absolute Gasteiger partial charge is 0.335 e. The third kappa shape index (κ3) is 3.81. The molecule has 1 N–H and O–H groups in total. The Morgan fingerprint density at radius 1 is 1.04 bits per heavy atom. The highest BCUT2D eigenvalue weighted by Gasteiger charge is 2.14. The van der Waals surface area contributed by atoms with Gasteiger partial charge >= 0.3 is 5.97 Å². The molecule has 5 heteroatoms. The lowest BCUT2D eigenvalue weighted by molar-refractivity contribution is 0.0696. The van der Waals surface area contributed by atoms with Crippen molar-refractivity contribution in [3.63, 3.8) is 0 Å². The van der Waals surface area contributed by atoms with Gasteiger partial charge in [0.25, 0.3) is 0 Å². The molecule has 0 aromatic heterocycles. The Morgan fingerprint density at radius 3 is 2.33 bits per heavy atom. The molecule has 0 saturated carbocycles. The molecule has 2 aromatic carbocycles. The Morgan fingerprint density at radius 2 is 1.75 bits per heavy atom. The first-order valence-electron chi connectivity index (χ1n) is 7.33. The van der Waals surface area contributed by atoms with Crippen molar-refractivity contribution >= 4 is 17.8 Å². The molecule has 2 rings (SSSR count). The summed E-state index contributed by atoms with van der Waals surface area (Å²) < 4.78 is 11.0. The summed E-state index contributed by atoms with van der Waals surface area (Å²) in [7, 11) is 1.43. The predicted molar refractivity (Wildman–Crippen MR) is 91.2 cm³/mol. The monoisotopic (exact) mass is 326 g/mol. The van der Waals surface area contributed by atoms with Crippen LogP contribution in [0.4, 0.5) is 0 Å². The summed E-state index contributed by atoms with van der Waals surface area (Å²) in [5.74, 6) is -0.180. The summed E-state index contributed by atoms with van der Waals surface area (Å²) in [4.78, 5) is 22.9. The number of allylic oxidation sites excluding steroid dienone is 1. The van der Waals surface area contributed by atoms with Gasteiger partial charge in [0, 0.05) is 0 Å². The van der Waals surface area contributed by atoms with Crippen LogP contribution in [0.1, 0.15) is 40.1 Å². The molecule has 0 unspecified atom stereocenters. The molecule has 0 atom stereocenters. The number of methoxy groups -OCH3 is 1. The standard InChI is InChI=1S/C19H18O5/c1-4-5-13-6-8-16(15(10-13)12(2)20)24-17-9-7-14(19(21)22)11-18(17)23-3/h4-11H,1-3H3,(H,21,22)/b5-4+. The normalized spacial score (nSPS) is 10.6. The van der Waals surface area contributed by atoms with E-state index in [0.717, 1.165) is 5.56 Å². The fourth-order valence-corrected chi connectivity index (χ4v) is 2.21. The van der Waals surface area contributed by atoms with Crippen LogP contribution in [-0.4, -0.2) is 24.0 Å². The zero-order valence-corrected chi connectivity index (χ0v) is 13.7. The fraction of sp³-hybridized carbons (Fsp3) is 0.158. The second-order valence-corrected chi connectivity index (χ2v) is 5.08. The number of aromatic carboxylic acids is 1. The fourth-order valence-electron chi connectivity index (χ4n) is 2.21. The van der Waals surface area contributed by atoms with Crippen molar-refractivity contribution in [2.45, 2.75) is 13.8 Å². The highest BCUT2D eigenvalue weighted by Crippen LogP contribution is 2.34. The summed E-state index contributed by atoms with van der Waals surface area (Å²) in [6.07, 6.45) is 3.77. The van der Waals surface area contributed by atoms with Crippen LogP contribution in [-0.2, 0) is 0 Å². The Bertz CT molecular complexity index is 805. The lowest BCUT2D eigenvalue weighted by atomic mass is 10.1. The largest absolute Gasteiger partial charge is 0.493 e. The number of benzene rings is 2. The molecule has 24 heavy (non-hydrogen) atoms. The molecule has 0 amide bonds. The van der Waals surface area contributed by atoms with Crippen LogP contribution in [0, 0.1) is 0 Å². The number of carboxylic acids is 1. The van der Waals surface area contributed by atoms with E-state index in [-0.39, 0.29) is 17.1 Å². The van der Waals surface area contributed by atoms with E-state index in [1.807, 2.05) is 25.1 Å². The minimum atomic E-state index is -1.06. The maximum absolute atomic E-state index is 11.9. The Labute approximate surface area is 140 Å². The molecule has 5 nitrogen and oxygen atoms in total. The Balaban J connectivity index is 2.44. The van der Waals surface area contributed by atoms with Gasteiger partial charge in [-0.2, -0.15) is 0 Å². The second-order valence-electron chi connectivity index (χ2n) is 5.08. The number of hydrogen-bond acceptors (Lipinski definition) is 4. The lowest BCUT2D eigenvalue weighted by Gasteiger charge is -2.13. The van der Waals surface area contributed by atoms with E-state index >= 15 is 0 Å². The van der Waals surface area contributed by atoms with Gasteiger partial charge < -0.3 is 14.6 Å². The zero-order chi connectivity index (χ0) is 17.7. The topological polar surface area (TPSA) is 72.8 Å². The van der Waals surface area contributed by atoms with Gasteiger partial charge in [-0.3, -0.25) is 4.79 Å². The molecule has 0 aliphatic heterocycles. The van der Waals surface area contributed by atoms with Crippen molar-refractivity contribution in [2.75, 3.05) is 7.11 Å². The van der Waals surface area contributed by atoms with Crippen molar-refractivity contribution in [1.29, 1.82) is 0 Å². The lowest BCUT2D eigenvalue weighted by Crippen LogP contribution is -2.01. The molecule has 2 aromatic rings. The van der Waals surface area contributed by atoms with E-state index < -0.39 is 5.97 Å². The number of ether oxygens (including phenoxy) is 2. The summed E-state index contributed by atoms with van der Waals surface area (Å²) >= 11 is 0. The zero-order valence-electron chi connectivity index (χ0n) is 13.7. The third-order valence-corrected chi connectivity index (χ3v) is 3.37. The molecule has 0 bridgehead atoms. The maximum atomic E-state index is 11.9. The van der Waals surface area contributed by atoms with E-state index in [2.05, 4.69) is 0 Å². The molecule has 0 heterocycles. The molecular weight excluding hydrogens is 308 g/mol. The number of carboxylic acid groups (broad SMARTS) is 1. The van der Waals surface area contributed by atoms with Crippen molar-refractivity contribution in [3.8, 4) is 17.2 Å². The first-order valence-corrected chi connectivity index (χ1v) is 7.33. The summed E-state index contributed by atoms with van der Waals surface area (Å²) in [5.41, 5.74) is 1.42. The van der Waals surface area contributed by atoms with Gasteiger partial charge in [-0.05, 0) is 49.7 Å². The van der Waals surface area contributed by atoms with Gasteiger partial charge in [0.1, 0.15) is 5.75 Å². The molecule has 0 fully saturated rings. The minimum Gasteiger partial charge on any atom is -0.493 e. The summed E-state index contributed by atoms with van der Waals surface area (Å²) in [6, 6.07) is 9.58. The van der Waals surface area contributed by atoms with Crippen LogP contribution in [0.3, 0.4) is 0 Å². The van der Waals surface area contributed by atoms with Crippen LogP contribution in [0.15, 0.2) is 42.5 Å². The number of carbonyl (C=O) groups is 2. The van der Waals surface area contributed by atoms with Gasteiger partial charge in [0.05, 0.1) is 18.2 Å². The minimum absolute atomic E-state index is 0.0921. The number of ketones is 1. The Kier molecular flexibility index (Phi) is 5.37. The van der Waals surface area contributed by atoms with Crippen LogP contribution < -0.4 is 9.47 Å². The van der Waals surface area contributed by atoms with E-state index in [1.165, 1.54) is 32.2 Å². The molecule has 0 radical (unpaired) electrons. The van der Waals surface area contributed by atoms with Crippen molar-refractivity contribution in [3.05, 3.63) is 59.2 Å². The van der Waals surface area contributed by atoms with Crippen LogP contribution in [0.25, 0.3) is 6.08 Å². The second kappa shape index (κ2) is 7.46. The first-order chi connectivity index (χ1) is 11.5. The highest BCUT2D eigenvalue weighted by atomic mass is 16.5. The van der Waals surface area contributed by atoms with Gasteiger partial charge in [-0.1, -0.05) is 18.2 Å². The predicted octanol–water partition coefficient (Wildman–Crippen LogP) is 4.42. The van der Waals surface area contributed by atoms with E-state index in [0.29, 0.717) is 17.1 Å². The van der Waals surface area contributed by atoms with Crippen molar-refractivity contribution < 1.29 is 24.2 Å². The molecule has 0 saturated heterocycles. The number of rotatable bonds is 6. The molecule has 124 valence electrons. The van der Waals surface area contributed by atoms with Gasteiger partial charge in [-0.15, -0.1) is 0 Å². The number of hydrogen-bond donors (Lipinski definition) is 1. The Hall–Kier alpha value is -3.08. The van der Waals surface area contributed by atoms with Gasteiger partial charge in [-0.25, -0.2) is 4.79 Å². The molecule has 0 aliphatic carbocycles. The quantitative estimate of drug-likeness (QED) is 0.795. The van der Waals surface area contributed by atoms with Crippen LogP contribution in [0.5, 0.6) is 17.2 Å². The average Bonchev–Trinajstić information content (AvgIpc) is 2.56. The summed E-state index contributed by atoms with van der Waals surface area (Å²) in [6.45, 7) is 3.36. The van der Waals surface area contributed by atoms with Gasteiger partial charge in [0.2, 0.25) is 0 Å². The summed E-state index contributed by atoms with van der Waals surface area (Å²) in [5, 5.41) is 9.04. The molecular formula is C19H18O5. The third-order valence-electron chi connectivity index (χ3n) is 3.37. The van der Waals surface area contributed by atoms with E-state index in [4.69, 9.17) is 14.6 Å². The van der Waals surface area contributed by atoms with Crippen LogP contribution >= 0.6 is 0 Å². The molecule has 0 aliphatic rings. The van der Waals surface area contributed by atoms with E-state index in [1.54, 1.807) is 12.1 Å². The molecule has 0 spiro atoms. The van der Waals surface area contributed by atoms with Crippen molar-refractivity contribution in [1.82, 2.24) is 0 Å². The number of Topliss-reactive ketones (excluding diaryl/α,β-unsaturated/α-hetero) is 1. The van der Waals surface area contributed by atoms with E-state index in [9.17, 15) is 9.59 Å². The van der Waals surface area contributed by atoms with Gasteiger partial charge in [0.15, 0.2) is 17.3 Å².